The predicted molar refractivity (Wildman–Crippen MR) is 61.8 cm³/mol. The molecule has 0 amide bonds. The Hall–Kier alpha value is -0.980. The number of fused-ring (bicyclic) bond motifs is 1. The van der Waals surface area contributed by atoms with E-state index in [0.29, 0.717) is 0 Å². The van der Waals surface area contributed by atoms with Gasteiger partial charge in [-0.1, -0.05) is 23.2 Å². The van der Waals surface area contributed by atoms with Crippen molar-refractivity contribution in [2.24, 2.45) is 0 Å². The zero-order valence-corrected chi connectivity index (χ0v) is 10.6. The van der Waals surface area contributed by atoms with Crippen LogP contribution in [0.1, 0.15) is 5.82 Å². The highest BCUT2D eigenvalue weighted by atomic mass is 35.5. The molecular formula is C10H7Cl2F3N2O. The Bertz CT molecular complexity index is 595. The average molecular weight is 299 g/mol. The molecule has 0 aliphatic carbocycles. The summed E-state index contributed by atoms with van der Waals surface area (Å²) in [7, 11) is 1.29. The Kier molecular flexibility index (Phi) is 3.44. The van der Waals surface area contributed by atoms with Gasteiger partial charge in [-0.05, 0) is 12.1 Å². The van der Waals surface area contributed by atoms with E-state index in [9.17, 15) is 13.2 Å². The van der Waals surface area contributed by atoms with E-state index in [0.717, 1.165) is 4.57 Å². The SMILES string of the molecule is COCn1c(C(F)(F)F)nc2c(Cl)cc(Cl)cc21. The van der Waals surface area contributed by atoms with Crippen molar-refractivity contribution in [1.29, 1.82) is 0 Å². The van der Waals surface area contributed by atoms with Crippen LogP contribution in [0, 0.1) is 0 Å². The fourth-order valence-corrected chi connectivity index (χ4v) is 2.15. The smallest absolute Gasteiger partial charge is 0.364 e. The normalized spacial score (nSPS) is 12.3. The van der Waals surface area contributed by atoms with Crippen LogP contribution in [-0.2, 0) is 17.6 Å². The number of hydrogen-bond acceptors (Lipinski definition) is 2. The molecule has 2 rings (SSSR count). The molecule has 0 aliphatic heterocycles. The molecule has 0 saturated heterocycles. The van der Waals surface area contributed by atoms with E-state index >= 15 is 0 Å². The summed E-state index contributed by atoms with van der Waals surface area (Å²) in [6.07, 6.45) is -4.59. The van der Waals surface area contributed by atoms with Crippen molar-refractivity contribution in [3.05, 3.63) is 28.0 Å². The van der Waals surface area contributed by atoms with Gasteiger partial charge in [0.05, 0.1) is 10.5 Å². The van der Waals surface area contributed by atoms with Crippen molar-refractivity contribution < 1.29 is 17.9 Å². The minimum absolute atomic E-state index is 0.0467. The second-order valence-electron chi connectivity index (χ2n) is 3.53. The fraction of sp³-hybridized carbons (Fsp3) is 0.300. The second kappa shape index (κ2) is 4.60. The number of nitrogens with zero attached hydrogens (tertiary/aromatic N) is 2. The minimum Gasteiger partial charge on any atom is -0.364 e. The van der Waals surface area contributed by atoms with E-state index in [4.69, 9.17) is 27.9 Å². The Morgan fingerprint density at radius 2 is 2.00 bits per heavy atom. The van der Waals surface area contributed by atoms with E-state index in [1.807, 2.05) is 0 Å². The number of benzene rings is 1. The molecule has 8 heteroatoms. The third-order valence-electron chi connectivity index (χ3n) is 2.28. The first kappa shape index (κ1) is 13.5. The van der Waals surface area contributed by atoms with Crippen LogP contribution >= 0.6 is 23.2 Å². The number of imidazole rings is 1. The highest BCUT2D eigenvalue weighted by Crippen LogP contribution is 2.35. The van der Waals surface area contributed by atoms with Crippen LogP contribution < -0.4 is 0 Å². The van der Waals surface area contributed by atoms with Gasteiger partial charge in [-0.25, -0.2) is 4.98 Å². The molecule has 2 aromatic rings. The van der Waals surface area contributed by atoms with Gasteiger partial charge in [0.1, 0.15) is 12.2 Å². The number of rotatable bonds is 2. The third kappa shape index (κ3) is 2.28. The Balaban J connectivity index is 2.79. The maximum Gasteiger partial charge on any atom is 0.449 e. The van der Waals surface area contributed by atoms with Gasteiger partial charge >= 0.3 is 6.18 Å². The lowest BCUT2D eigenvalue weighted by Crippen LogP contribution is -2.15. The van der Waals surface area contributed by atoms with Crippen LogP contribution in [0.25, 0.3) is 11.0 Å². The number of methoxy groups -OCH3 is 1. The highest BCUT2D eigenvalue weighted by Gasteiger charge is 2.38. The van der Waals surface area contributed by atoms with Gasteiger partial charge in [0.25, 0.3) is 0 Å². The summed E-state index contributed by atoms with van der Waals surface area (Å²) in [6.45, 7) is -0.290. The van der Waals surface area contributed by atoms with Gasteiger partial charge in [-0.15, -0.1) is 0 Å². The molecule has 0 saturated carbocycles. The molecule has 3 nitrogen and oxygen atoms in total. The number of ether oxygens (including phenoxy) is 1. The van der Waals surface area contributed by atoms with Crippen molar-refractivity contribution in [2.45, 2.75) is 12.9 Å². The third-order valence-corrected chi connectivity index (χ3v) is 2.79. The first-order valence-electron chi connectivity index (χ1n) is 4.76. The first-order valence-corrected chi connectivity index (χ1v) is 5.51. The van der Waals surface area contributed by atoms with Crippen LogP contribution in [0.5, 0.6) is 0 Å². The molecule has 0 unspecified atom stereocenters. The number of aromatic nitrogens is 2. The van der Waals surface area contributed by atoms with Gasteiger partial charge in [0.2, 0.25) is 5.82 Å². The zero-order chi connectivity index (χ0) is 13.5. The standard InChI is InChI=1S/C10H7Cl2F3N2O/c1-18-4-17-7-3-5(11)2-6(12)8(7)16-9(17)10(13,14)15/h2-3H,4H2,1H3. The number of alkyl halides is 3. The lowest BCUT2D eigenvalue weighted by Gasteiger charge is -2.09. The summed E-state index contributed by atoms with van der Waals surface area (Å²) in [5.41, 5.74) is 0.229. The molecule has 18 heavy (non-hydrogen) atoms. The predicted octanol–water partition coefficient (Wildman–Crippen LogP) is 3.97. The Labute approximate surface area is 110 Å². The summed E-state index contributed by atoms with van der Waals surface area (Å²) in [5.74, 6) is -1.07. The molecule has 98 valence electrons. The fourth-order valence-electron chi connectivity index (χ4n) is 1.63. The lowest BCUT2D eigenvalue weighted by atomic mass is 10.3. The van der Waals surface area contributed by atoms with E-state index in [-0.39, 0.29) is 27.8 Å². The topological polar surface area (TPSA) is 27.1 Å². The van der Waals surface area contributed by atoms with Crippen molar-refractivity contribution in [2.75, 3.05) is 7.11 Å². The van der Waals surface area contributed by atoms with Crippen LogP contribution in [-0.4, -0.2) is 16.7 Å². The molecular weight excluding hydrogens is 292 g/mol. The Morgan fingerprint density at radius 3 is 2.56 bits per heavy atom. The molecule has 1 heterocycles. The summed E-state index contributed by atoms with van der Waals surface area (Å²) in [5, 5.41) is 0.302. The lowest BCUT2D eigenvalue weighted by molar-refractivity contribution is -0.148. The number of hydrogen-bond donors (Lipinski definition) is 0. The molecule has 0 N–H and O–H groups in total. The maximum absolute atomic E-state index is 12.8. The summed E-state index contributed by atoms with van der Waals surface area (Å²) < 4.78 is 44.1. The zero-order valence-electron chi connectivity index (χ0n) is 9.05. The first-order chi connectivity index (χ1) is 8.34. The molecule has 1 aromatic carbocycles. The largest absolute Gasteiger partial charge is 0.449 e. The molecule has 0 fully saturated rings. The summed E-state index contributed by atoms with van der Waals surface area (Å²) in [6, 6.07) is 2.71. The highest BCUT2D eigenvalue weighted by molar-refractivity contribution is 6.38. The van der Waals surface area contributed by atoms with E-state index < -0.39 is 12.0 Å². The van der Waals surface area contributed by atoms with Gasteiger partial charge in [-0.2, -0.15) is 13.2 Å². The van der Waals surface area contributed by atoms with Crippen molar-refractivity contribution in [3.63, 3.8) is 0 Å². The molecule has 0 aliphatic rings. The Morgan fingerprint density at radius 1 is 1.33 bits per heavy atom. The van der Waals surface area contributed by atoms with E-state index in [1.54, 1.807) is 0 Å². The van der Waals surface area contributed by atoms with Gasteiger partial charge in [0.15, 0.2) is 0 Å². The summed E-state index contributed by atoms with van der Waals surface area (Å²) >= 11 is 11.6. The molecule has 0 atom stereocenters. The quantitative estimate of drug-likeness (QED) is 0.839. The van der Waals surface area contributed by atoms with E-state index in [2.05, 4.69) is 4.98 Å². The molecule has 0 bridgehead atoms. The maximum atomic E-state index is 12.8. The minimum atomic E-state index is -4.59. The van der Waals surface area contributed by atoms with Crippen molar-refractivity contribution >= 4 is 34.2 Å². The summed E-state index contributed by atoms with van der Waals surface area (Å²) in [4.78, 5) is 3.51. The van der Waals surface area contributed by atoms with Crippen molar-refractivity contribution in [1.82, 2.24) is 9.55 Å². The van der Waals surface area contributed by atoms with Gasteiger partial charge in [0, 0.05) is 12.1 Å². The van der Waals surface area contributed by atoms with Gasteiger partial charge in [-0.3, -0.25) is 4.57 Å². The van der Waals surface area contributed by atoms with Crippen LogP contribution in [0.4, 0.5) is 13.2 Å². The van der Waals surface area contributed by atoms with E-state index in [1.165, 1.54) is 19.2 Å². The molecule has 1 aromatic heterocycles. The number of halogens is 5. The average Bonchev–Trinajstić information content (AvgIpc) is 2.58. The second-order valence-corrected chi connectivity index (χ2v) is 4.38. The van der Waals surface area contributed by atoms with Crippen LogP contribution in [0.3, 0.4) is 0 Å². The van der Waals surface area contributed by atoms with Gasteiger partial charge < -0.3 is 4.74 Å². The monoisotopic (exact) mass is 298 g/mol. The molecule has 0 radical (unpaired) electrons. The van der Waals surface area contributed by atoms with Crippen LogP contribution in [0.15, 0.2) is 12.1 Å². The van der Waals surface area contributed by atoms with Crippen LogP contribution in [0.2, 0.25) is 10.0 Å². The van der Waals surface area contributed by atoms with Crippen molar-refractivity contribution in [3.8, 4) is 0 Å². The molecule has 0 spiro atoms.